The van der Waals surface area contributed by atoms with Crippen molar-refractivity contribution in [2.45, 2.75) is 18.9 Å². The van der Waals surface area contributed by atoms with Crippen molar-refractivity contribution in [3.63, 3.8) is 0 Å². The number of nitrogens with one attached hydrogen (secondary N) is 2. The van der Waals surface area contributed by atoms with E-state index in [4.69, 9.17) is 4.74 Å². The van der Waals surface area contributed by atoms with E-state index in [0.717, 1.165) is 17.3 Å². The first kappa shape index (κ1) is 20.1. The zero-order chi connectivity index (χ0) is 22.2. The van der Waals surface area contributed by atoms with Gasteiger partial charge < -0.3 is 10.1 Å². The molecule has 32 heavy (non-hydrogen) atoms. The van der Waals surface area contributed by atoms with Gasteiger partial charge in [-0.2, -0.15) is 0 Å². The Hall–Kier alpha value is -3.79. The van der Waals surface area contributed by atoms with Crippen molar-refractivity contribution in [1.82, 2.24) is 19.5 Å². The van der Waals surface area contributed by atoms with E-state index in [1.807, 2.05) is 18.2 Å². The van der Waals surface area contributed by atoms with Gasteiger partial charge in [-0.25, -0.2) is 14.8 Å². The predicted molar refractivity (Wildman–Crippen MR) is 121 cm³/mol. The number of pyridine rings is 2. The molecule has 10 heteroatoms. The van der Waals surface area contributed by atoms with Crippen LogP contribution >= 0.6 is 15.9 Å². The maximum absolute atomic E-state index is 12.7. The summed E-state index contributed by atoms with van der Waals surface area (Å²) >= 11 is 3.38. The van der Waals surface area contributed by atoms with Crippen LogP contribution in [0.25, 0.3) is 11.0 Å². The van der Waals surface area contributed by atoms with Crippen molar-refractivity contribution in [3.8, 4) is 11.6 Å². The third-order valence-corrected chi connectivity index (χ3v) is 5.46. The first-order valence-corrected chi connectivity index (χ1v) is 10.6. The number of hydrogen-bond donors (Lipinski definition) is 2. The lowest BCUT2D eigenvalue weighted by atomic mass is 10.2. The summed E-state index contributed by atoms with van der Waals surface area (Å²) in [6.07, 6.45) is 4.54. The van der Waals surface area contributed by atoms with Crippen LogP contribution in [0, 0.1) is 0 Å². The van der Waals surface area contributed by atoms with Crippen LogP contribution in [0.5, 0.6) is 11.6 Å². The monoisotopic (exact) mass is 493 g/mol. The smallest absolute Gasteiger partial charge is 0.330 e. The van der Waals surface area contributed by atoms with E-state index in [9.17, 15) is 14.4 Å². The molecule has 3 aromatic heterocycles. The molecule has 2 N–H and O–H groups in total. The molecule has 1 amide bonds. The summed E-state index contributed by atoms with van der Waals surface area (Å²) in [6.45, 7) is 0. The Morgan fingerprint density at radius 1 is 1.12 bits per heavy atom. The minimum atomic E-state index is -0.570. The van der Waals surface area contributed by atoms with Crippen LogP contribution in [0.4, 0.5) is 5.69 Å². The van der Waals surface area contributed by atoms with Crippen LogP contribution in [-0.4, -0.2) is 25.4 Å². The van der Waals surface area contributed by atoms with E-state index in [1.165, 1.54) is 23.0 Å². The quantitative estimate of drug-likeness (QED) is 0.438. The zero-order valence-electron chi connectivity index (χ0n) is 16.5. The summed E-state index contributed by atoms with van der Waals surface area (Å²) in [6, 6.07) is 12.1. The first-order valence-electron chi connectivity index (χ1n) is 9.83. The molecular formula is C22H16BrN5O4. The molecule has 1 saturated carbocycles. The Morgan fingerprint density at radius 2 is 1.97 bits per heavy atom. The van der Waals surface area contributed by atoms with Crippen LogP contribution in [0.2, 0.25) is 0 Å². The Labute approximate surface area is 189 Å². The number of aromatic nitrogens is 4. The highest BCUT2D eigenvalue weighted by Crippen LogP contribution is 2.34. The molecule has 0 unspecified atom stereocenters. The summed E-state index contributed by atoms with van der Waals surface area (Å²) in [5.41, 5.74) is -0.119. The zero-order valence-corrected chi connectivity index (χ0v) is 18.1. The van der Waals surface area contributed by atoms with Gasteiger partial charge in [0, 0.05) is 22.8 Å². The van der Waals surface area contributed by atoms with Crippen molar-refractivity contribution in [2.24, 2.45) is 0 Å². The largest absolute Gasteiger partial charge is 0.439 e. The number of aromatic amines is 1. The molecule has 0 radical (unpaired) electrons. The number of anilines is 1. The number of ether oxygens (including phenoxy) is 1. The predicted octanol–water partition coefficient (Wildman–Crippen LogP) is 3.62. The number of carbonyl (C=O) groups is 1. The van der Waals surface area contributed by atoms with E-state index in [2.05, 4.69) is 36.2 Å². The van der Waals surface area contributed by atoms with Crippen molar-refractivity contribution < 1.29 is 9.53 Å². The van der Waals surface area contributed by atoms with Crippen molar-refractivity contribution in [3.05, 3.63) is 85.7 Å². The lowest BCUT2D eigenvalue weighted by Crippen LogP contribution is -2.30. The molecule has 160 valence electrons. The number of H-pyrrole nitrogens is 1. The number of amides is 1. The van der Waals surface area contributed by atoms with Gasteiger partial charge in [-0.3, -0.25) is 19.1 Å². The molecule has 0 bridgehead atoms. The Kier molecular flexibility index (Phi) is 5.06. The number of carbonyl (C=O) groups excluding carboxylic acids is 1. The molecule has 4 aromatic rings. The second-order valence-corrected chi connectivity index (χ2v) is 8.27. The minimum Gasteiger partial charge on any atom is -0.439 e. The standard InChI is InChI=1S/C22H16BrN5O4/c23-13-2-1-3-16(9-13)32-18-7-4-14(11-24-18)26-20(29)12-8-17-19(25-10-12)28(15-5-6-15)22(31)27-21(17)30/h1-4,7-11,15H,5-6H2,(H,26,29)(H,27,30,31). The van der Waals surface area contributed by atoms with Crippen LogP contribution in [0.1, 0.15) is 29.2 Å². The maximum atomic E-state index is 12.7. The Bertz CT molecular complexity index is 1460. The Morgan fingerprint density at radius 3 is 2.69 bits per heavy atom. The number of nitrogens with zero attached hydrogens (tertiary/aromatic N) is 3. The second kappa shape index (κ2) is 8.04. The molecule has 1 fully saturated rings. The molecule has 9 nitrogen and oxygen atoms in total. The van der Waals surface area contributed by atoms with Gasteiger partial charge >= 0.3 is 5.69 Å². The molecule has 1 aliphatic carbocycles. The average molecular weight is 494 g/mol. The summed E-state index contributed by atoms with van der Waals surface area (Å²) in [7, 11) is 0. The summed E-state index contributed by atoms with van der Waals surface area (Å²) in [5, 5.41) is 2.91. The molecule has 0 saturated heterocycles. The van der Waals surface area contributed by atoms with E-state index >= 15 is 0 Å². The molecule has 1 aromatic carbocycles. The molecule has 5 rings (SSSR count). The van der Waals surface area contributed by atoms with Crippen molar-refractivity contribution in [1.29, 1.82) is 0 Å². The second-order valence-electron chi connectivity index (χ2n) is 7.35. The molecule has 0 atom stereocenters. The van der Waals surface area contributed by atoms with Gasteiger partial charge in [0.25, 0.3) is 11.5 Å². The molecule has 0 spiro atoms. The van der Waals surface area contributed by atoms with Crippen LogP contribution in [0.3, 0.4) is 0 Å². The topological polar surface area (TPSA) is 119 Å². The molecular weight excluding hydrogens is 478 g/mol. The number of fused-ring (bicyclic) bond motifs is 1. The fraction of sp³-hybridized carbons (Fsp3) is 0.136. The average Bonchev–Trinajstić information content (AvgIpc) is 3.60. The number of rotatable bonds is 5. The summed E-state index contributed by atoms with van der Waals surface area (Å²) in [4.78, 5) is 47.8. The summed E-state index contributed by atoms with van der Waals surface area (Å²) < 4.78 is 8.04. The van der Waals surface area contributed by atoms with E-state index in [-0.39, 0.29) is 22.6 Å². The minimum absolute atomic E-state index is 0.0397. The van der Waals surface area contributed by atoms with Gasteiger partial charge in [-0.05, 0) is 43.2 Å². The lowest BCUT2D eigenvalue weighted by Gasteiger charge is -2.09. The van der Waals surface area contributed by atoms with E-state index in [1.54, 1.807) is 18.2 Å². The fourth-order valence-electron chi connectivity index (χ4n) is 3.30. The highest BCUT2D eigenvalue weighted by atomic mass is 79.9. The van der Waals surface area contributed by atoms with Gasteiger partial charge in [0.1, 0.15) is 11.4 Å². The van der Waals surface area contributed by atoms with E-state index in [0.29, 0.717) is 17.3 Å². The van der Waals surface area contributed by atoms with Crippen LogP contribution in [-0.2, 0) is 0 Å². The summed E-state index contributed by atoms with van der Waals surface area (Å²) in [5.74, 6) is 0.546. The Balaban J connectivity index is 1.35. The third-order valence-electron chi connectivity index (χ3n) is 4.97. The number of halogens is 1. The van der Waals surface area contributed by atoms with Gasteiger partial charge in [0.15, 0.2) is 0 Å². The maximum Gasteiger partial charge on any atom is 0.330 e. The number of benzene rings is 1. The van der Waals surface area contributed by atoms with Crippen molar-refractivity contribution >= 4 is 38.6 Å². The first-order chi connectivity index (χ1) is 15.5. The third kappa shape index (κ3) is 4.04. The van der Waals surface area contributed by atoms with Crippen molar-refractivity contribution in [2.75, 3.05) is 5.32 Å². The van der Waals surface area contributed by atoms with E-state index < -0.39 is 17.2 Å². The fourth-order valence-corrected chi connectivity index (χ4v) is 3.68. The molecule has 3 heterocycles. The highest BCUT2D eigenvalue weighted by molar-refractivity contribution is 9.10. The highest BCUT2D eigenvalue weighted by Gasteiger charge is 2.27. The lowest BCUT2D eigenvalue weighted by molar-refractivity contribution is 0.102. The van der Waals surface area contributed by atoms with Crippen LogP contribution < -0.4 is 21.3 Å². The SMILES string of the molecule is O=C(Nc1ccc(Oc2cccc(Br)c2)nc1)c1cnc2c(c1)c(=O)[nH]c(=O)n2C1CC1. The van der Waals surface area contributed by atoms with Gasteiger partial charge in [0.2, 0.25) is 5.88 Å². The van der Waals surface area contributed by atoms with Crippen LogP contribution in [0.15, 0.2) is 68.9 Å². The number of hydrogen-bond acceptors (Lipinski definition) is 6. The molecule has 1 aliphatic rings. The van der Waals surface area contributed by atoms with Gasteiger partial charge in [0.05, 0.1) is 22.8 Å². The van der Waals surface area contributed by atoms with Gasteiger partial charge in [-0.1, -0.05) is 22.0 Å². The normalized spacial score (nSPS) is 13.2. The molecule has 0 aliphatic heterocycles. The van der Waals surface area contributed by atoms with Gasteiger partial charge in [-0.15, -0.1) is 0 Å².